The average Bonchev–Trinajstić information content (AvgIpc) is 3.40. The summed E-state index contributed by atoms with van der Waals surface area (Å²) in [6, 6.07) is 16.8. The Bertz CT molecular complexity index is 1330. The van der Waals surface area contributed by atoms with Crippen LogP contribution in [0.5, 0.6) is 0 Å². The van der Waals surface area contributed by atoms with E-state index in [2.05, 4.69) is 10.4 Å². The predicted octanol–water partition coefficient (Wildman–Crippen LogP) is 2.08. The van der Waals surface area contributed by atoms with E-state index >= 15 is 0 Å². The first kappa shape index (κ1) is 22.0. The number of rotatable bonds is 6. The van der Waals surface area contributed by atoms with Crippen molar-refractivity contribution in [3.8, 4) is 11.8 Å². The number of nitriles is 1. The fourth-order valence-electron chi connectivity index (χ4n) is 3.39. The second-order valence-electron chi connectivity index (χ2n) is 7.18. The number of anilines is 2. The van der Waals surface area contributed by atoms with Crippen LogP contribution < -0.4 is 9.62 Å². The number of carbonyl (C=O) groups is 2. The third-order valence-corrected chi connectivity index (χ3v) is 6.84. The van der Waals surface area contributed by atoms with Gasteiger partial charge in [0.05, 0.1) is 28.9 Å². The van der Waals surface area contributed by atoms with E-state index in [4.69, 9.17) is 4.74 Å². The van der Waals surface area contributed by atoms with Crippen LogP contribution in [0.3, 0.4) is 0 Å². The highest BCUT2D eigenvalue weighted by molar-refractivity contribution is 7.93. The molecule has 0 bridgehead atoms. The highest BCUT2D eigenvalue weighted by Gasteiger charge is 2.28. The van der Waals surface area contributed by atoms with Crippen LogP contribution in [0, 0.1) is 11.3 Å². The van der Waals surface area contributed by atoms with E-state index in [1.54, 1.807) is 24.3 Å². The lowest BCUT2D eigenvalue weighted by Crippen LogP contribution is -2.25. The molecule has 1 aromatic heterocycles. The smallest absolute Gasteiger partial charge is 0.338 e. The molecule has 4 rings (SSSR count). The predicted molar refractivity (Wildman–Crippen MR) is 119 cm³/mol. The van der Waals surface area contributed by atoms with Crippen molar-refractivity contribution in [1.82, 2.24) is 9.78 Å². The molecular formula is C22H19N5O5S. The van der Waals surface area contributed by atoms with Gasteiger partial charge in [-0.3, -0.25) is 9.10 Å². The highest BCUT2D eigenvalue weighted by atomic mass is 32.2. The van der Waals surface area contributed by atoms with Gasteiger partial charge in [0.15, 0.2) is 12.4 Å². The van der Waals surface area contributed by atoms with Crippen molar-refractivity contribution < 1.29 is 22.7 Å². The van der Waals surface area contributed by atoms with Gasteiger partial charge >= 0.3 is 5.97 Å². The quantitative estimate of drug-likeness (QED) is 0.551. The zero-order valence-corrected chi connectivity index (χ0v) is 18.2. The van der Waals surface area contributed by atoms with Gasteiger partial charge in [0.25, 0.3) is 5.91 Å². The number of aromatic nitrogens is 2. The molecule has 3 aromatic rings. The van der Waals surface area contributed by atoms with Crippen LogP contribution in [0.25, 0.3) is 5.69 Å². The molecule has 0 radical (unpaired) electrons. The van der Waals surface area contributed by atoms with E-state index in [-0.39, 0.29) is 22.7 Å². The van der Waals surface area contributed by atoms with Crippen molar-refractivity contribution in [3.05, 3.63) is 71.9 Å². The Morgan fingerprint density at radius 3 is 2.45 bits per heavy atom. The minimum absolute atomic E-state index is 0.0998. The van der Waals surface area contributed by atoms with Gasteiger partial charge in [0, 0.05) is 6.54 Å². The highest BCUT2D eigenvalue weighted by Crippen LogP contribution is 2.24. The number of benzene rings is 2. The Morgan fingerprint density at radius 2 is 1.82 bits per heavy atom. The van der Waals surface area contributed by atoms with Gasteiger partial charge in [0.1, 0.15) is 11.6 Å². The van der Waals surface area contributed by atoms with Gasteiger partial charge in [-0.2, -0.15) is 10.4 Å². The Morgan fingerprint density at radius 1 is 1.09 bits per heavy atom. The van der Waals surface area contributed by atoms with E-state index < -0.39 is 28.5 Å². The first-order valence-electron chi connectivity index (χ1n) is 10.00. The molecule has 1 saturated heterocycles. The van der Waals surface area contributed by atoms with Crippen molar-refractivity contribution in [3.63, 3.8) is 0 Å². The van der Waals surface area contributed by atoms with Crippen molar-refractivity contribution in [1.29, 1.82) is 5.26 Å². The molecule has 1 aliphatic heterocycles. The largest absolute Gasteiger partial charge is 0.452 e. The molecule has 2 aromatic carbocycles. The zero-order chi connectivity index (χ0) is 23.4. The third kappa shape index (κ3) is 4.70. The summed E-state index contributed by atoms with van der Waals surface area (Å²) in [5.41, 5.74) is 1.45. The van der Waals surface area contributed by atoms with Gasteiger partial charge in [-0.25, -0.2) is 17.9 Å². The molecule has 0 aliphatic carbocycles. The van der Waals surface area contributed by atoms with Crippen LogP contribution in [0.1, 0.15) is 22.3 Å². The summed E-state index contributed by atoms with van der Waals surface area (Å²) >= 11 is 0. The molecule has 1 aliphatic rings. The van der Waals surface area contributed by atoms with E-state index in [1.165, 1.54) is 39.4 Å². The first-order valence-corrected chi connectivity index (χ1v) is 11.6. The molecule has 2 heterocycles. The average molecular weight is 465 g/mol. The summed E-state index contributed by atoms with van der Waals surface area (Å²) in [7, 11) is -3.31. The molecule has 11 heteroatoms. The zero-order valence-electron chi connectivity index (χ0n) is 17.3. The van der Waals surface area contributed by atoms with Crippen LogP contribution in [0.2, 0.25) is 0 Å². The normalized spacial score (nSPS) is 14.5. The molecular weight excluding hydrogens is 446 g/mol. The van der Waals surface area contributed by atoms with Gasteiger partial charge in [0.2, 0.25) is 10.0 Å². The second kappa shape index (κ2) is 9.13. The van der Waals surface area contributed by atoms with Crippen LogP contribution in [0.4, 0.5) is 11.5 Å². The van der Waals surface area contributed by atoms with Gasteiger partial charge in [-0.05, 0) is 42.8 Å². The van der Waals surface area contributed by atoms with Gasteiger partial charge < -0.3 is 10.1 Å². The summed E-state index contributed by atoms with van der Waals surface area (Å²) in [5, 5.41) is 16.0. The number of ether oxygens (including phenoxy) is 1. The van der Waals surface area contributed by atoms with Gasteiger partial charge in [-0.1, -0.05) is 18.2 Å². The topological polar surface area (TPSA) is 134 Å². The summed E-state index contributed by atoms with van der Waals surface area (Å²) in [6.45, 7) is -0.178. The maximum absolute atomic E-state index is 12.4. The third-order valence-electron chi connectivity index (χ3n) is 4.97. The number of hydrogen-bond acceptors (Lipinski definition) is 7. The number of carbonyl (C=O) groups excluding carboxylic acids is 2. The lowest BCUT2D eigenvalue weighted by atomic mass is 10.2. The van der Waals surface area contributed by atoms with E-state index in [9.17, 15) is 23.3 Å². The Kier molecular flexibility index (Phi) is 6.10. The van der Waals surface area contributed by atoms with Crippen LogP contribution in [-0.2, 0) is 19.6 Å². The van der Waals surface area contributed by atoms with Crippen molar-refractivity contribution in [2.45, 2.75) is 6.42 Å². The molecule has 0 saturated carbocycles. The number of hydrogen-bond donors (Lipinski definition) is 1. The Labute approximate surface area is 190 Å². The first-order chi connectivity index (χ1) is 15.9. The van der Waals surface area contributed by atoms with E-state index in [0.717, 1.165) is 0 Å². The standard InChI is InChI=1S/C22H19N5O5S/c23-13-17-14-24-27(19-5-2-1-3-6-19)21(17)25-20(28)15-32-22(29)16-7-9-18(10-8-16)26-11-4-12-33(26,30)31/h1-3,5-10,14H,4,11-12,15H2,(H,25,28). The number of esters is 1. The fourth-order valence-corrected chi connectivity index (χ4v) is 4.96. The maximum atomic E-state index is 12.4. The number of amides is 1. The van der Waals surface area contributed by atoms with Crippen LogP contribution in [0.15, 0.2) is 60.8 Å². The fraction of sp³-hybridized carbons (Fsp3) is 0.182. The molecule has 1 fully saturated rings. The number of sulfonamides is 1. The van der Waals surface area contributed by atoms with Crippen molar-refractivity contribution >= 4 is 33.4 Å². The summed E-state index contributed by atoms with van der Waals surface area (Å²) in [6.07, 6.45) is 1.88. The summed E-state index contributed by atoms with van der Waals surface area (Å²) in [4.78, 5) is 24.7. The number of nitrogens with zero attached hydrogens (tertiary/aromatic N) is 4. The second-order valence-corrected chi connectivity index (χ2v) is 9.19. The maximum Gasteiger partial charge on any atom is 0.338 e. The van der Waals surface area contributed by atoms with E-state index in [1.807, 2.05) is 12.1 Å². The Balaban J connectivity index is 1.39. The molecule has 0 unspecified atom stereocenters. The molecule has 1 amide bonds. The lowest BCUT2D eigenvalue weighted by Gasteiger charge is -2.16. The van der Waals surface area contributed by atoms with Crippen molar-refractivity contribution in [2.24, 2.45) is 0 Å². The number of para-hydroxylation sites is 1. The Hall–Kier alpha value is -4.17. The molecule has 168 valence electrons. The lowest BCUT2D eigenvalue weighted by molar-refractivity contribution is -0.119. The van der Waals surface area contributed by atoms with Crippen LogP contribution >= 0.6 is 0 Å². The molecule has 0 spiro atoms. The molecule has 33 heavy (non-hydrogen) atoms. The van der Waals surface area contributed by atoms with Crippen molar-refractivity contribution in [2.75, 3.05) is 28.5 Å². The SMILES string of the molecule is N#Cc1cnn(-c2ccccc2)c1NC(=O)COC(=O)c1ccc(N2CCCS2(=O)=O)cc1. The van der Waals surface area contributed by atoms with E-state index in [0.29, 0.717) is 24.3 Å². The summed E-state index contributed by atoms with van der Waals surface area (Å²) < 4.78 is 31.8. The molecule has 10 nitrogen and oxygen atoms in total. The summed E-state index contributed by atoms with van der Waals surface area (Å²) in [5.74, 6) is -1.11. The monoisotopic (exact) mass is 465 g/mol. The number of nitrogens with one attached hydrogen (secondary N) is 1. The van der Waals surface area contributed by atoms with Gasteiger partial charge in [-0.15, -0.1) is 0 Å². The molecule has 1 N–H and O–H groups in total. The van der Waals surface area contributed by atoms with Crippen LogP contribution in [-0.4, -0.2) is 49.0 Å². The minimum Gasteiger partial charge on any atom is -0.452 e. The minimum atomic E-state index is -3.31. The molecule has 0 atom stereocenters.